The van der Waals surface area contributed by atoms with Gasteiger partial charge in [-0.25, -0.2) is 0 Å². The van der Waals surface area contributed by atoms with Gasteiger partial charge in [0, 0.05) is 12.7 Å². The summed E-state index contributed by atoms with van der Waals surface area (Å²) in [6.45, 7) is 1.91. The van der Waals surface area contributed by atoms with Crippen molar-refractivity contribution < 1.29 is 14.3 Å². The molecule has 0 aliphatic carbocycles. The van der Waals surface area contributed by atoms with E-state index in [1.165, 1.54) is 18.9 Å². The zero-order chi connectivity index (χ0) is 20.8. The molecule has 29 heavy (non-hydrogen) atoms. The molecule has 7 nitrogen and oxygen atoms in total. The van der Waals surface area contributed by atoms with Gasteiger partial charge in [0.05, 0.1) is 17.9 Å². The molecule has 0 aliphatic heterocycles. The number of rotatable bonds is 8. The van der Waals surface area contributed by atoms with Crippen LogP contribution in [0.15, 0.2) is 53.7 Å². The van der Waals surface area contributed by atoms with Gasteiger partial charge in [0.25, 0.3) is 0 Å². The standard InChI is InChI=1S/C20H21ClN4O3S/c1-13(28-15-7-5-4-6-8-15)19-23-24-20(25(19)2)29-12-18(26)22-14-9-10-17(27-3)16(21)11-14/h4-11,13H,12H2,1-3H3,(H,22,26). The van der Waals surface area contributed by atoms with E-state index >= 15 is 0 Å². The number of ether oxygens (including phenoxy) is 2. The largest absolute Gasteiger partial charge is 0.495 e. The lowest BCUT2D eigenvalue weighted by molar-refractivity contribution is -0.113. The smallest absolute Gasteiger partial charge is 0.234 e. The van der Waals surface area contributed by atoms with Crippen molar-refractivity contribution in [3.63, 3.8) is 0 Å². The summed E-state index contributed by atoms with van der Waals surface area (Å²) in [6, 6.07) is 14.6. The van der Waals surface area contributed by atoms with E-state index in [1.54, 1.807) is 18.2 Å². The minimum atomic E-state index is -0.278. The molecule has 1 heterocycles. The summed E-state index contributed by atoms with van der Waals surface area (Å²) >= 11 is 7.38. The molecule has 0 radical (unpaired) electrons. The number of amides is 1. The molecule has 1 unspecified atom stereocenters. The second kappa shape index (κ2) is 9.67. The topological polar surface area (TPSA) is 78.3 Å². The van der Waals surface area contributed by atoms with Crippen LogP contribution < -0.4 is 14.8 Å². The van der Waals surface area contributed by atoms with Crippen molar-refractivity contribution in [3.8, 4) is 11.5 Å². The van der Waals surface area contributed by atoms with Crippen molar-refractivity contribution in [1.29, 1.82) is 0 Å². The average molecular weight is 433 g/mol. The molecule has 0 saturated carbocycles. The quantitative estimate of drug-likeness (QED) is 0.533. The molecule has 9 heteroatoms. The molecule has 0 bridgehead atoms. The fraction of sp³-hybridized carbons (Fsp3) is 0.250. The lowest BCUT2D eigenvalue weighted by atomic mass is 10.3. The van der Waals surface area contributed by atoms with E-state index in [9.17, 15) is 4.79 Å². The third-order valence-corrected chi connectivity index (χ3v) is 5.37. The van der Waals surface area contributed by atoms with Gasteiger partial charge in [0.2, 0.25) is 5.91 Å². The van der Waals surface area contributed by atoms with Crippen molar-refractivity contribution in [2.45, 2.75) is 18.2 Å². The highest BCUT2D eigenvalue weighted by Gasteiger charge is 2.18. The number of carbonyl (C=O) groups is 1. The maximum Gasteiger partial charge on any atom is 0.234 e. The maximum atomic E-state index is 12.3. The Morgan fingerprint density at radius 3 is 2.69 bits per heavy atom. The van der Waals surface area contributed by atoms with Gasteiger partial charge < -0.3 is 19.4 Å². The molecular weight excluding hydrogens is 412 g/mol. The van der Waals surface area contributed by atoms with Crippen LogP contribution in [0.1, 0.15) is 18.9 Å². The van der Waals surface area contributed by atoms with Crippen LogP contribution in [0.2, 0.25) is 5.02 Å². The highest BCUT2D eigenvalue weighted by molar-refractivity contribution is 7.99. The Bertz CT molecular complexity index is 981. The molecule has 0 fully saturated rings. The van der Waals surface area contributed by atoms with E-state index in [0.29, 0.717) is 27.4 Å². The van der Waals surface area contributed by atoms with Gasteiger partial charge in [0.15, 0.2) is 17.1 Å². The summed E-state index contributed by atoms with van der Waals surface area (Å²) in [6.07, 6.45) is -0.278. The predicted molar refractivity (Wildman–Crippen MR) is 114 cm³/mol. The summed E-state index contributed by atoms with van der Waals surface area (Å²) in [7, 11) is 3.39. The lowest BCUT2D eigenvalue weighted by Gasteiger charge is -2.14. The highest BCUT2D eigenvalue weighted by Crippen LogP contribution is 2.28. The van der Waals surface area contributed by atoms with Crippen LogP contribution in [0.25, 0.3) is 0 Å². The number of anilines is 1. The Morgan fingerprint density at radius 2 is 2.00 bits per heavy atom. The number of methoxy groups -OCH3 is 1. The van der Waals surface area contributed by atoms with Crippen LogP contribution >= 0.6 is 23.4 Å². The van der Waals surface area contributed by atoms with Crippen LogP contribution in [0.4, 0.5) is 5.69 Å². The Labute approximate surface area is 178 Å². The number of hydrogen-bond donors (Lipinski definition) is 1. The van der Waals surface area contributed by atoms with E-state index in [0.717, 1.165) is 5.75 Å². The van der Waals surface area contributed by atoms with Crippen molar-refractivity contribution in [3.05, 3.63) is 59.4 Å². The van der Waals surface area contributed by atoms with Gasteiger partial charge in [-0.05, 0) is 37.3 Å². The molecule has 2 aromatic carbocycles. The number of para-hydroxylation sites is 1. The van der Waals surface area contributed by atoms with E-state index in [2.05, 4.69) is 15.5 Å². The molecule has 1 amide bonds. The second-order valence-electron chi connectivity index (χ2n) is 6.16. The van der Waals surface area contributed by atoms with E-state index in [4.69, 9.17) is 21.1 Å². The van der Waals surface area contributed by atoms with Gasteiger partial charge in [-0.1, -0.05) is 41.6 Å². The van der Waals surface area contributed by atoms with Crippen molar-refractivity contribution in [2.24, 2.45) is 7.05 Å². The molecule has 1 N–H and O–H groups in total. The van der Waals surface area contributed by atoms with Gasteiger partial charge in [-0.3, -0.25) is 4.79 Å². The van der Waals surface area contributed by atoms with Gasteiger partial charge >= 0.3 is 0 Å². The summed E-state index contributed by atoms with van der Waals surface area (Å²) in [5, 5.41) is 12.2. The molecule has 0 spiro atoms. The zero-order valence-corrected chi connectivity index (χ0v) is 17.8. The van der Waals surface area contributed by atoms with Gasteiger partial charge in [-0.2, -0.15) is 0 Å². The number of aromatic nitrogens is 3. The summed E-state index contributed by atoms with van der Waals surface area (Å²) < 4.78 is 12.8. The van der Waals surface area contributed by atoms with E-state index in [-0.39, 0.29) is 17.8 Å². The molecular formula is C20H21ClN4O3S. The van der Waals surface area contributed by atoms with Crippen molar-refractivity contribution >= 4 is 35.0 Å². The first-order valence-corrected chi connectivity index (χ1v) is 10.2. The molecule has 3 aromatic rings. The first kappa shape index (κ1) is 21.0. The third kappa shape index (κ3) is 5.42. The van der Waals surface area contributed by atoms with Gasteiger partial charge in [-0.15, -0.1) is 10.2 Å². The number of carbonyl (C=O) groups excluding carboxylic acids is 1. The summed E-state index contributed by atoms with van der Waals surface area (Å²) in [5.41, 5.74) is 0.602. The number of nitrogens with one attached hydrogen (secondary N) is 1. The van der Waals surface area contributed by atoms with Gasteiger partial charge in [0.1, 0.15) is 11.5 Å². The first-order chi connectivity index (χ1) is 14.0. The maximum absolute atomic E-state index is 12.3. The van der Waals surface area contributed by atoms with E-state index < -0.39 is 0 Å². The third-order valence-electron chi connectivity index (χ3n) is 4.06. The Balaban J connectivity index is 1.57. The van der Waals surface area contributed by atoms with Crippen LogP contribution in [0.3, 0.4) is 0 Å². The fourth-order valence-corrected chi connectivity index (χ4v) is 3.61. The Kier molecular flexibility index (Phi) is 7.00. The predicted octanol–water partition coefficient (Wildman–Crippen LogP) is 4.35. The Morgan fingerprint density at radius 1 is 1.24 bits per heavy atom. The number of nitrogens with zero attached hydrogens (tertiary/aromatic N) is 3. The summed E-state index contributed by atoms with van der Waals surface area (Å²) in [4.78, 5) is 12.3. The van der Waals surface area contributed by atoms with E-state index in [1.807, 2.05) is 48.9 Å². The first-order valence-electron chi connectivity index (χ1n) is 8.85. The molecule has 3 rings (SSSR count). The molecule has 0 aliphatic rings. The molecule has 1 atom stereocenters. The van der Waals surface area contributed by atoms with Crippen LogP contribution in [0, 0.1) is 0 Å². The van der Waals surface area contributed by atoms with Crippen LogP contribution in [-0.2, 0) is 11.8 Å². The number of thioether (sulfide) groups is 1. The zero-order valence-electron chi connectivity index (χ0n) is 16.3. The van der Waals surface area contributed by atoms with Crippen LogP contribution in [0.5, 0.6) is 11.5 Å². The van der Waals surface area contributed by atoms with Crippen molar-refractivity contribution in [1.82, 2.24) is 14.8 Å². The Hall–Kier alpha value is -2.71. The molecule has 152 valence electrons. The molecule has 0 saturated heterocycles. The number of hydrogen-bond acceptors (Lipinski definition) is 6. The highest BCUT2D eigenvalue weighted by atomic mass is 35.5. The average Bonchev–Trinajstić information content (AvgIpc) is 3.08. The fourth-order valence-electron chi connectivity index (χ4n) is 2.63. The minimum Gasteiger partial charge on any atom is -0.495 e. The minimum absolute atomic E-state index is 0.172. The van der Waals surface area contributed by atoms with Crippen LogP contribution in [-0.4, -0.2) is 33.5 Å². The number of halogens is 1. The van der Waals surface area contributed by atoms with Crippen molar-refractivity contribution in [2.75, 3.05) is 18.2 Å². The monoisotopic (exact) mass is 432 g/mol. The SMILES string of the molecule is COc1ccc(NC(=O)CSc2nnc(C(C)Oc3ccccc3)n2C)cc1Cl. The second-order valence-corrected chi connectivity index (χ2v) is 7.51. The molecule has 1 aromatic heterocycles. The lowest BCUT2D eigenvalue weighted by Crippen LogP contribution is -2.15. The number of benzene rings is 2. The summed E-state index contributed by atoms with van der Waals surface area (Å²) in [5.74, 6) is 2.00. The normalized spacial score (nSPS) is 11.7.